The molecule has 0 saturated heterocycles. The first-order valence-electron chi connectivity index (χ1n) is 4.04. The third kappa shape index (κ3) is 1.78. The SMILES string of the molecule is O=S1CCC(=S)Nc2ccccc21. The number of benzene rings is 1. The van der Waals surface area contributed by atoms with E-state index < -0.39 is 10.8 Å². The van der Waals surface area contributed by atoms with E-state index in [0.29, 0.717) is 12.2 Å². The number of para-hydroxylation sites is 1. The van der Waals surface area contributed by atoms with Crippen molar-refractivity contribution in [3.8, 4) is 0 Å². The predicted octanol–water partition coefficient (Wildman–Crippen LogP) is 1.94. The first-order chi connectivity index (χ1) is 6.27. The molecule has 0 spiro atoms. The maximum Gasteiger partial charge on any atom is 0.0806 e. The van der Waals surface area contributed by atoms with Gasteiger partial charge in [-0.25, -0.2) is 0 Å². The van der Waals surface area contributed by atoms with Crippen LogP contribution in [0.1, 0.15) is 6.42 Å². The summed E-state index contributed by atoms with van der Waals surface area (Å²) in [7, 11) is -0.903. The van der Waals surface area contributed by atoms with Crippen LogP contribution in [0.4, 0.5) is 5.69 Å². The molecule has 2 nitrogen and oxygen atoms in total. The summed E-state index contributed by atoms with van der Waals surface area (Å²) in [4.78, 5) is 1.64. The fourth-order valence-electron chi connectivity index (χ4n) is 1.28. The second-order valence-electron chi connectivity index (χ2n) is 2.84. The van der Waals surface area contributed by atoms with Gasteiger partial charge in [0.25, 0.3) is 0 Å². The van der Waals surface area contributed by atoms with Gasteiger partial charge in [-0.05, 0) is 12.1 Å². The molecule has 0 aromatic heterocycles. The Bertz CT molecular complexity index is 376. The van der Waals surface area contributed by atoms with Crippen LogP contribution in [0.5, 0.6) is 0 Å². The minimum absolute atomic E-state index is 0.628. The average molecular weight is 211 g/mol. The van der Waals surface area contributed by atoms with Crippen molar-refractivity contribution >= 4 is 33.7 Å². The Kier molecular flexibility index (Phi) is 2.42. The summed E-state index contributed by atoms with van der Waals surface area (Å²) in [6, 6.07) is 7.60. The highest BCUT2D eigenvalue weighted by Crippen LogP contribution is 2.22. The quantitative estimate of drug-likeness (QED) is 0.665. The van der Waals surface area contributed by atoms with Crippen molar-refractivity contribution in [2.75, 3.05) is 11.1 Å². The zero-order valence-corrected chi connectivity index (χ0v) is 8.58. The monoisotopic (exact) mass is 211 g/mol. The lowest BCUT2D eigenvalue weighted by Crippen LogP contribution is -2.07. The largest absolute Gasteiger partial charge is 0.349 e. The molecule has 68 valence electrons. The van der Waals surface area contributed by atoms with Gasteiger partial charge in [0, 0.05) is 12.2 Å². The van der Waals surface area contributed by atoms with Gasteiger partial charge in [-0.1, -0.05) is 24.4 Å². The van der Waals surface area contributed by atoms with E-state index in [0.717, 1.165) is 15.6 Å². The first kappa shape index (κ1) is 8.84. The van der Waals surface area contributed by atoms with Crippen LogP contribution in [-0.4, -0.2) is 15.0 Å². The molecule has 1 heterocycles. The van der Waals surface area contributed by atoms with Crippen molar-refractivity contribution in [3.05, 3.63) is 24.3 Å². The number of hydrogen-bond donors (Lipinski definition) is 1. The lowest BCUT2D eigenvalue weighted by atomic mass is 10.3. The zero-order chi connectivity index (χ0) is 9.26. The summed E-state index contributed by atoms with van der Waals surface area (Å²) < 4.78 is 11.7. The highest BCUT2D eigenvalue weighted by Gasteiger charge is 2.14. The van der Waals surface area contributed by atoms with E-state index in [-0.39, 0.29) is 0 Å². The fourth-order valence-corrected chi connectivity index (χ4v) is 2.82. The van der Waals surface area contributed by atoms with Gasteiger partial charge in [-0.3, -0.25) is 4.21 Å². The number of hydrogen-bond acceptors (Lipinski definition) is 2. The van der Waals surface area contributed by atoms with E-state index in [2.05, 4.69) is 5.32 Å². The Labute approximate surface area is 84.8 Å². The van der Waals surface area contributed by atoms with Crippen LogP contribution < -0.4 is 5.32 Å². The van der Waals surface area contributed by atoms with Crippen LogP contribution in [0, 0.1) is 0 Å². The van der Waals surface area contributed by atoms with Crippen molar-refractivity contribution in [2.45, 2.75) is 11.3 Å². The highest BCUT2D eigenvalue weighted by atomic mass is 32.2. The molecule has 0 bridgehead atoms. The minimum Gasteiger partial charge on any atom is -0.349 e. The van der Waals surface area contributed by atoms with Crippen molar-refractivity contribution in [1.29, 1.82) is 0 Å². The highest BCUT2D eigenvalue weighted by molar-refractivity contribution is 7.85. The molecule has 1 aromatic carbocycles. The van der Waals surface area contributed by atoms with Gasteiger partial charge >= 0.3 is 0 Å². The molecule has 1 aromatic rings. The maximum absolute atomic E-state index is 11.7. The van der Waals surface area contributed by atoms with Gasteiger partial charge in [-0.15, -0.1) is 0 Å². The summed E-state index contributed by atoms with van der Waals surface area (Å²) >= 11 is 5.08. The summed E-state index contributed by atoms with van der Waals surface area (Å²) in [6.07, 6.45) is 0.705. The third-order valence-corrected chi connectivity index (χ3v) is 3.65. The molecule has 1 aliphatic heterocycles. The van der Waals surface area contributed by atoms with Crippen molar-refractivity contribution in [3.63, 3.8) is 0 Å². The van der Waals surface area contributed by atoms with E-state index in [1.54, 1.807) is 0 Å². The molecule has 1 N–H and O–H groups in total. The van der Waals surface area contributed by atoms with Crippen molar-refractivity contribution in [1.82, 2.24) is 0 Å². The Morgan fingerprint density at radius 3 is 3.00 bits per heavy atom. The number of nitrogens with one attached hydrogen (secondary N) is 1. The van der Waals surface area contributed by atoms with Gasteiger partial charge < -0.3 is 5.32 Å². The second-order valence-corrected chi connectivity index (χ2v) is 4.88. The first-order valence-corrected chi connectivity index (χ1v) is 5.77. The smallest absolute Gasteiger partial charge is 0.0806 e. The summed E-state index contributed by atoms with van der Waals surface area (Å²) in [5.74, 6) is 0.628. The Hall–Kier alpha value is -0.740. The van der Waals surface area contributed by atoms with Crippen molar-refractivity contribution < 1.29 is 4.21 Å². The van der Waals surface area contributed by atoms with E-state index in [1.807, 2.05) is 24.3 Å². The number of thiocarbonyl (C=S) groups is 1. The van der Waals surface area contributed by atoms with Gasteiger partial charge in [0.2, 0.25) is 0 Å². The molecule has 1 atom stereocenters. The van der Waals surface area contributed by atoms with Crippen LogP contribution in [0.3, 0.4) is 0 Å². The number of fused-ring (bicyclic) bond motifs is 1. The molecule has 0 amide bonds. The zero-order valence-electron chi connectivity index (χ0n) is 6.95. The molecule has 0 saturated carbocycles. The van der Waals surface area contributed by atoms with Gasteiger partial charge in [0.15, 0.2) is 0 Å². The van der Waals surface area contributed by atoms with E-state index >= 15 is 0 Å². The third-order valence-electron chi connectivity index (χ3n) is 1.92. The van der Waals surface area contributed by atoms with Crippen LogP contribution >= 0.6 is 12.2 Å². The van der Waals surface area contributed by atoms with E-state index in [4.69, 9.17) is 12.2 Å². The average Bonchev–Trinajstić information content (AvgIpc) is 2.27. The molecular formula is C9H9NOS2. The molecule has 13 heavy (non-hydrogen) atoms. The van der Waals surface area contributed by atoms with Crippen LogP contribution in [-0.2, 0) is 10.8 Å². The Morgan fingerprint density at radius 1 is 1.38 bits per heavy atom. The molecule has 0 fully saturated rings. The normalized spacial score (nSPS) is 21.5. The Morgan fingerprint density at radius 2 is 2.15 bits per heavy atom. The van der Waals surface area contributed by atoms with Crippen LogP contribution in [0.25, 0.3) is 0 Å². The molecule has 1 aliphatic rings. The van der Waals surface area contributed by atoms with Gasteiger partial charge in [-0.2, -0.15) is 0 Å². The lowest BCUT2D eigenvalue weighted by Gasteiger charge is -2.04. The Balaban J connectivity index is 2.49. The number of anilines is 1. The topological polar surface area (TPSA) is 29.1 Å². The lowest BCUT2D eigenvalue weighted by molar-refractivity contribution is 0.684. The molecule has 0 aliphatic carbocycles. The summed E-state index contributed by atoms with van der Waals surface area (Å²) in [5.41, 5.74) is 0.892. The van der Waals surface area contributed by atoms with Crippen LogP contribution in [0.15, 0.2) is 29.2 Å². The fraction of sp³-hybridized carbons (Fsp3) is 0.222. The maximum atomic E-state index is 11.7. The van der Waals surface area contributed by atoms with E-state index in [9.17, 15) is 4.21 Å². The van der Waals surface area contributed by atoms with Crippen molar-refractivity contribution in [2.24, 2.45) is 0 Å². The van der Waals surface area contributed by atoms with Crippen LogP contribution in [0.2, 0.25) is 0 Å². The van der Waals surface area contributed by atoms with Gasteiger partial charge in [0.05, 0.1) is 26.4 Å². The summed E-state index contributed by atoms with van der Waals surface area (Å²) in [6.45, 7) is 0. The summed E-state index contributed by atoms with van der Waals surface area (Å²) in [5, 5.41) is 3.09. The molecule has 0 radical (unpaired) electrons. The van der Waals surface area contributed by atoms with Gasteiger partial charge in [0.1, 0.15) is 0 Å². The predicted molar refractivity (Wildman–Crippen MR) is 58.6 cm³/mol. The molecule has 2 rings (SSSR count). The number of rotatable bonds is 0. The van der Waals surface area contributed by atoms with E-state index in [1.165, 1.54) is 0 Å². The minimum atomic E-state index is -0.903. The second kappa shape index (κ2) is 3.55. The molecule has 4 heteroatoms. The molecular weight excluding hydrogens is 202 g/mol. The molecule has 1 unspecified atom stereocenters. The standard InChI is InChI=1S/C9H9NOS2/c11-13-6-5-9(12)10-7-3-1-2-4-8(7)13/h1-4H,5-6H2,(H,10,12).